The lowest BCUT2D eigenvalue weighted by molar-refractivity contribution is 1.23. The van der Waals surface area contributed by atoms with Crippen LogP contribution in [-0.4, -0.2) is 0 Å². The highest BCUT2D eigenvalue weighted by atomic mass is 15.1. The minimum atomic E-state index is 0.804. The molecular weight excluding hydrogens is 380 g/mol. The van der Waals surface area contributed by atoms with E-state index < -0.39 is 0 Å². The molecule has 148 valence electrons. The van der Waals surface area contributed by atoms with Crippen molar-refractivity contribution in [2.24, 2.45) is 20.5 Å². The van der Waals surface area contributed by atoms with Crippen LogP contribution in [0.2, 0.25) is 0 Å². The Kier molecular flexibility index (Phi) is 5.03. The first kappa shape index (κ1) is 18.8. The average Bonchev–Trinajstić information content (AvgIpc) is 2.82. The number of fused-ring (bicyclic) bond motifs is 2. The molecule has 0 atom stereocenters. The summed E-state index contributed by atoms with van der Waals surface area (Å²) in [6, 6.07) is 34.2. The van der Waals surface area contributed by atoms with Gasteiger partial charge in [-0.05, 0) is 42.6 Å². The van der Waals surface area contributed by atoms with E-state index in [-0.39, 0.29) is 0 Å². The summed E-state index contributed by atoms with van der Waals surface area (Å²) in [7, 11) is 0. The molecule has 5 aromatic carbocycles. The van der Waals surface area contributed by atoms with Gasteiger partial charge in [-0.25, -0.2) is 0 Å². The lowest BCUT2D eigenvalue weighted by Crippen LogP contribution is -1.76. The maximum atomic E-state index is 4.58. The van der Waals surface area contributed by atoms with E-state index in [4.69, 9.17) is 0 Å². The lowest BCUT2D eigenvalue weighted by Gasteiger charge is -2.05. The minimum absolute atomic E-state index is 0.804. The number of aryl methyl sites for hydroxylation is 1. The quantitative estimate of drug-likeness (QED) is 0.270. The molecule has 0 fully saturated rings. The van der Waals surface area contributed by atoms with Crippen molar-refractivity contribution < 1.29 is 0 Å². The van der Waals surface area contributed by atoms with Crippen LogP contribution in [0.25, 0.3) is 21.5 Å². The SMILES string of the molecule is Cc1ccc(N=Nc2ccc(N=Nc3cccc4ccccc34)c3ccccc23)cc1. The largest absolute Gasteiger partial charge is 0.151 e. The molecule has 0 bridgehead atoms. The van der Waals surface area contributed by atoms with Gasteiger partial charge in [-0.3, -0.25) is 0 Å². The second-order valence-electron chi connectivity index (χ2n) is 7.38. The van der Waals surface area contributed by atoms with Crippen LogP contribution in [0.4, 0.5) is 22.7 Å². The van der Waals surface area contributed by atoms with E-state index in [1.807, 2.05) is 84.9 Å². The first-order valence-corrected chi connectivity index (χ1v) is 10.2. The topological polar surface area (TPSA) is 49.4 Å². The van der Waals surface area contributed by atoms with Crippen LogP contribution in [0.3, 0.4) is 0 Å². The van der Waals surface area contributed by atoms with Crippen LogP contribution in [0.15, 0.2) is 124 Å². The molecule has 0 heterocycles. The van der Waals surface area contributed by atoms with E-state index in [2.05, 4.69) is 45.6 Å². The van der Waals surface area contributed by atoms with Crippen molar-refractivity contribution in [3.05, 3.63) is 109 Å². The van der Waals surface area contributed by atoms with Crippen LogP contribution >= 0.6 is 0 Å². The van der Waals surface area contributed by atoms with Crippen molar-refractivity contribution in [2.45, 2.75) is 6.92 Å². The third-order valence-corrected chi connectivity index (χ3v) is 5.22. The number of hydrogen-bond acceptors (Lipinski definition) is 4. The Bertz CT molecular complexity index is 1430. The normalized spacial score (nSPS) is 11.8. The highest BCUT2D eigenvalue weighted by molar-refractivity contribution is 6.00. The first-order chi connectivity index (χ1) is 15.3. The molecule has 0 amide bonds. The fourth-order valence-corrected chi connectivity index (χ4v) is 3.57. The van der Waals surface area contributed by atoms with E-state index in [9.17, 15) is 0 Å². The third kappa shape index (κ3) is 3.96. The molecule has 0 aliphatic carbocycles. The summed E-state index contributed by atoms with van der Waals surface area (Å²) in [6.07, 6.45) is 0. The van der Waals surface area contributed by atoms with Crippen LogP contribution in [0, 0.1) is 6.92 Å². The first-order valence-electron chi connectivity index (χ1n) is 10.2. The molecule has 0 aromatic heterocycles. The van der Waals surface area contributed by atoms with E-state index in [1.165, 1.54) is 5.56 Å². The van der Waals surface area contributed by atoms with Crippen molar-refractivity contribution in [2.75, 3.05) is 0 Å². The summed E-state index contributed by atoms with van der Waals surface area (Å²) in [5, 5.41) is 22.2. The second-order valence-corrected chi connectivity index (χ2v) is 7.38. The Hall–Kier alpha value is -4.18. The molecule has 5 aromatic rings. The number of rotatable bonds is 4. The molecule has 0 aliphatic rings. The van der Waals surface area contributed by atoms with E-state index in [1.54, 1.807) is 0 Å². The summed E-state index contributed by atoms with van der Waals surface area (Å²) in [5.41, 5.74) is 4.49. The maximum absolute atomic E-state index is 4.58. The van der Waals surface area contributed by atoms with Crippen molar-refractivity contribution in [1.82, 2.24) is 0 Å². The Morgan fingerprint density at radius 1 is 0.419 bits per heavy atom. The van der Waals surface area contributed by atoms with Crippen LogP contribution < -0.4 is 0 Å². The number of azo groups is 2. The Morgan fingerprint density at radius 2 is 0.935 bits per heavy atom. The fraction of sp³-hybridized carbons (Fsp3) is 0.0370. The summed E-state index contributed by atoms with van der Waals surface area (Å²) >= 11 is 0. The van der Waals surface area contributed by atoms with Gasteiger partial charge in [0.25, 0.3) is 0 Å². The molecule has 0 radical (unpaired) electrons. The van der Waals surface area contributed by atoms with Gasteiger partial charge in [-0.15, -0.1) is 15.3 Å². The minimum Gasteiger partial charge on any atom is -0.151 e. The second kappa shape index (κ2) is 8.28. The van der Waals surface area contributed by atoms with Gasteiger partial charge in [0, 0.05) is 16.2 Å². The Balaban J connectivity index is 1.53. The van der Waals surface area contributed by atoms with Gasteiger partial charge >= 0.3 is 0 Å². The molecule has 0 saturated heterocycles. The molecular formula is C27H20N4. The summed E-state index contributed by atoms with van der Waals surface area (Å²) in [5.74, 6) is 0. The molecule has 0 saturated carbocycles. The van der Waals surface area contributed by atoms with Crippen molar-refractivity contribution in [1.29, 1.82) is 0 Å². The summed E-state index contributed by atoms with van der Waals surface area (Å²) < 4.78 is 0. The molecule has 0 N–H and O–H groups in total. The predicted octanol–water partition coefficient (Wildman–Crippen LogP) is 9.13. The predicted molar refractivity (Wildman–Crippen MR) is 127 cm³/mol. The van der Waals surface area contributed by atoms with Crippen LogP contribution in [0.5, 0.6) is 0 Å². The molecule has 4 heteroatoms. The van der Waals surface area contributed by atoms with Gasteiger partial charge in [0.1, 0.15) is 0 Å². The van der Waals surface area contributed by atoms with Crippen LogP contribution in [0.1, 0.15) is 5.56 Å². The number of benzene rings is 5. The van der Waals surface area contributed by atoms with Gasteiger partial charge in [0.05, 0.1) is 22.7 Å². The molecule has 4 nitrogen and oxygen atoms in total. The van der Waals surface area contributed by atoms with Crippen molar-refractivity contribution >= 4 is 44.3 Å². The summed E-state index contributed by atoms with van der Waals surface area (Å²) in [6.45, 7) is 2.06. The summed E-state index contributed by atoms with van der Waals surface area (Å²) in [4.78, 5) is 0. The van der Waals surface area contributed by atoms with Gasteiger partial charge < -0.3 is 0 Å². The zero-order valence-corrected chi connectivity index (χ0v) is 17.1. The van der Waals surface area contributed by atoms with E-state index in [0.29, 0.717) is 0 Å². The van der Waals surface area contributed by atoms with Gasteiger partial charge in [-0.2, -0.15) is 5.11 Å². The molecule has 0 spiro atoms. The number of hydrogen-bond donors (Lipinski definition) is 0. The standard InChI is InChI=1S/C27H20N4/c1-19-13-15-21(16-14-19)28-29-26-17-18-27(24-11-5-4-10-23(24)26)31-30-25-12-6-8-20-7-2-3-9-22(20)25/h2-18H,1H3. The zero-order chi connectivity index (χ0) is 21.0. The third-order valence-electron chi connectivity index (χ3n) is 5.22. The van der Waals surface area contributed by atoms with Gasteiger partial charge in [-0.1, -0.05) is 78.4 Å². The highest BCUT2D eigenvalue weighted by Gasteiger charge is 2.06. The average molecular weight is 400 g/mol. The van der Waals surface area contributed by atoms with E-state index in [0.717, 1.165) is 44.3 Å². The van der Waals surface area contributed by atoms with Crippen molar-refractivity contribution in [3.8, 4) is 0 Å². The smallest absolute Gasteiger partial charge is 0.0936 e. The fourth-order valence-electron chi connectivity index (χ4n) is 3.57. The van der Waals surface area contributed by atoms with Crippen molar-refractivity contribution in [3.63, 3.8) is 0 Å². The Labute approximate surface area is 180 Å². The molecule has 31 heavy (non-hydrogen) atoms. The lowest BCUT2D eigenvalue weighted by atomic mass is 10.1. The maximum Gasteiger partial charge on any atom is 0.0936 e. The Morgan fingerprint density at radius 3 is 1.61 bits per heavy atom. The van der Waals surface area contributed by atoms with Gasteiger partial charge in [0.15, 0.2) is 0 Å². The zero-order valence-electron chi connectivity index (χ0n) is 17.1. The highest BCUT2D eigenvalue weighted by Crippen LogP contribution is 2.36. The number of nitrogens with zero attached hydrogens (tertiary/aromatic N) is 4. The van der Waals surface area contributed by atoms with Gasteiger partial charge in [0.2, 0.25) is 0 Å². The molecule has 0 unspecified atom stereocenters. The molecule has 5 rings (SSSR count). The molecule has 0 aliphatic heterocycles. The monoisotopic (exact) mass is 400 g/mol. The van der Waals surface area contributed by atoms with E-state index >= 15 is 0 Å². The van der Waals surface area contributed by atoms with Crippen LogP contribution in [-0.2, 0) is 0 Å².